The summed E-state index contributed by atoms with van der Waals surface area (Å²) in [6.07, 6.45) is 2.64. The van der Waals surface area contributed by atoms with Gasteiger partial charge in [0.05, 0.1) is 7.11 Å². The first-order valence-corrected chi connectivity index (χ1v) is 12.4. The molecule has 0 aromatic heterocycles. The van der Waals surface area contributed by atoms with E-state index in [1.807, 2.05) is 11.8 Å². The largest absolute Gasteiger partial charge is 0.497 e. The Morgan fingerprint density at radius 2 is 1.58 bits per heavy atom. The van der Waals surface area contributed by atoms with Gasteiger partial charge >= 0.3 is 0 Å². The van der Waals surface area contributed by atoms with Gasteiger partial charge in [0.25, 0.3) is 0 Å². The summed E-state index contributed by atoms with van der Waals surface area (Å²) in [5.74, 6) is 2.78. The van der Waals surface area contributed by atoms with E-state index in [0.717, 1.165) is 30.4 Å². The summed E-state index contributed by atoms with van der Waals surface area (Å²) in [7, 11) is 1.73. The van der Waals surface area contributed by atoms with Gasteiger partial charge in [-0.05, 0) is 84.1 Å². The van der Waals surface area contributed by atoms with Crippen LogP contribution in [0.15, 0.2) is 77.7 Å². The van der Waals surface area contributed by atoms with Crippen molar-refractivity contribution in [3.05, 3.63) is 89.5 Å². The Kier molecular flexibility index (Phi) is 8.02. The molecule has 1 fully saturated rings. The van der Waals surface area contributed by atoms with Gasteiger partial charge in [-0.2, -0.15) is 0 Å². The third-order valence-electron chi connectivity index (χ3n) is 6.27. The van der Waals surface area contributed by atoms with Crippen molar-refractivity contribution in [2.75, 3.05) is 39.1 Å². The summed E-state index contributed by atoms with van der Waals surface area (Å²) in [6.45, 7) is 4.18. The number of hydrogen-bond donors (Lipinski definition) is 0. The van der Waals surface area contributed by atoms with Crippen LogP contribution in [-0.2, 0) is 0 Å². The second-order valence-electron chi connectivity index (χ2n) is 8.29. The van der Waals surface area contributed by atoms with Crippen LogP contribution < -0.4 is 9.47 Å². The number of likely N-dealkylation sites (tertiary alicyclic amines) is 1. The smallest absolute Gasteiger partial charge is 0.120 e. The van der Waals surface area contributed by atoms with E-state index >= 15 is 0 Å². The number of ether oxygens (including phenoxy) is 2. The molecule has 3 nitrogen and oxygen atoms in total. The number of rotatable bonds is 7. The zero-order chi connectivity index (χ0) is 21.8. The predicted octanol–water partition coefficient (Wildman–Crippen LogP) is 6.66. The molecule has 2 heterocycles. The maximum Gasteiger partial charge on any atom is 0.120 e. The molecule has 0 saturated carbocycles. The third kappa shape index (κ3) is 5.40. The van der Waals surface area contributed by atoms with E-state index < -0.39 is 0 Å². The quantitative estimate of drug-likeness (QED) is 0.378. The van der Waals surface area contributed by atoms with Crippen LogP contribution in [0.2, 0.25) is 0 Å². The van der Waals surface area contributed by atoms with Crippen molar-refractivity contribution in [1.82, 2.24) is 4.90 Å². The van der Waals surface area contributed by atoms with Crippen LogP contribution in [0.1, 0.15) is 29.5 Å². The molecular weight excluding hydrogens is 450 g/mol. The van der Waals surface area contributed by atoms with E-state index in [4.69, 9.17) is 9.47 Å². The lowest BCUT2D eigenvalue weighted by Gasteiger charge is -2.24. The van der Waals surface area contributed by atoms with Gasteiger partial charge < -0.3 is 9.47 Å². The van der Waals surface area contributed by atoms with Crippen molar-refractivity contribution in [3.8, 4) is 11.5 Å². The molecule has 0 amide bonds. The normalized spacial score (nSPS) is 15.7. The number of halogens is 1. The summed E-state index contributed by atoms with van der Waals surface area (Å²) in [4.78, 5) is 3.75. The topological polar surface area (TPSA) is 21.7 Å². The first-order chi connectivity index (χ1) is 15.8. The van der Waals surface area contributed by atoms with Gasteiger partial charge in [-0.25, -0.2) is 0 Å². The highest BCUT2D eigenvalue weighted by molar-refractivity contribution is 7.99. The first kappa shape index (κ1) is 23.7. The molecule has 3 aromatic carbocycles. The van der Waals surface area contributed by atoms with Crippen molar-refractivity contribution < 1.29 is 9.47 Å². The van der Waals surface area contributed by atoms with E-state index in [1.54, 1.807) is 7.11 Å². The Balaban J connectivity index is 0.00000259. The number of hydrogen-bond acceptors (Lipinski definition) is 4. The highest BCUT2D eigenvalue weighted by atomic mass is 35.5. The van der Waals surface area contributed by atoms with Gasteiger partial charge in [-0.1, -0.05) is 42.5 Å². The Morgan fingerprint density at radius 1 is 0.848 bits per heavy atom. The summed E-state index contributed by atoms with van der Waals surface area (Å²) in [5.41, 5.74) is 6.45. The van der Waals surface area contributed by atoms with Crippen molar-refractivity contribution in [2.45, 2.75) is 17.7 Å². The predicted molar refractivity (Wildman–Crippen MR) is 141 cm³/mol. The highest BCUT2D eigenvalue weighted by Crippen LogP contribution is 2.45. The fourth-order valence-corrected chi connectivity index (χ4v) is 5.69. The summed E-state index contributed by atoms with van der Waals surface area (Å²) < 4.78 is 11.5. The second-order valence-corrected chi connectivity index (χ2v) is 9.31. The number of methoxy groups -OCH3 is 1. The molecule has 0 atom stereocenters. The lowest BCUT2D eigenvalue weighted by Crippen LogP contribution is -2.25. The van der Waals surface area contributed by atoms with E-state index in [2.05, 4.69) is 77.7 Å². The highest BCUT2D eigenvalue weighted by Gasteiger charge is 2.22. The second kappa shape index (κ2) is 11.1. The fourth-order valence-electron chi connectivity index (χ4n) is 4.55. The van der Waals surface area contributed by atoms with Gasteiger partial charge in [-0.3, -0.25) is 4.90 Å². The van der Waals surface area contributed by atoms with Crippen molar-refractivity contribution in [1.29, 1.82) is 0 Å². The van der Waals surface area contributed by atoms with Crippen LogP contribution in [0, 0.1) is 0 Å². The summed E-state index contributed by atoms with van der Waals surface area (Å²) in [5, 5.41) is 0. The van der Waals surface area contributed by atoms with Gasteiger partial charge in [0.1, 0.15) is 18.1 Å². The molecule has 33 heavy (non-hydrogen) atoms. The average molecular weight is 480 g/mol. The SMILES string of the molecule is COc1ccc2c(c1)SCC(c1ccccc1)=C2c1ccc(OCCN2CCCC2)cc1.Cl. The van der Waals surface area contributed by atoms with E-state index in [0.29, 0.717) is 0 Å². The lowest BCUT2D eigenvalue weighted by molar-refractivity contribution is 0.238. The molecule has 172 valence electrons. The fraction of sp³-hybridized carbons (Fsp3) is 0.286. The molecule has 2 aliphatic rings. The lowest BCUT2D eigenvalue weighted by atomic mass is 9.89. The zero-order valence-corrected chi connectivity index (χ0v) is 20.6. The van der Waals surface area contributed by atoms with Crippen molar-refractivity contribution in [2.24, 2.45) is 0 Å². The van der Waals surface area contributed by atoms with Crippen LogP contribution in [0.5, 0.6) is 11.5 Å². The van der Waals surface area contributed by atoms with Gasteiger partial charge in [0.2, 0.25) is 0 Å². The zero-order valence-electron chi connectivity index (χ0n) is 19.0. The molecule has 0 radical (unpaired) electrons. The van der Waals surface area contributed by atoms with Crippen LogP contribution in [-0.4, -0.2) is 44.0 Å². The van der Waals surface area contributed by atoms with Crippen LogP contribution >= 0.6 is 24.2 Å². The minimum Gasteiger partial charge on any atom is -0.497 e. The minimum absolute atomic E-state index is 0. The molecule has 2 aliphatic heterocycles. The molecular formula is C28H30ClNO2S. The number of nitrogens with zero attached hydrogens (tertiary/aromatic N) is 1. The molecule has 3 aromatic rings. The molecule has 5 rings (SSSR count). The molecule has 5 heteroatoms. The molecule has 0 spiro atoms. The van der Waals surface area contributed by atoms with E-state index in [1.165, 1.54) is 58.7 Å². The standard InChI is InChI=1S/C28H29NO2S.ClH/c1-30-24-13-14-25-27(19-24)32-20-26(21-7-3-2-4-8-21)28(25)22-9-11-23(12-10-22)31-18-17-29-15-5-6-16-29;/h2-4,7-14,19H,5-6,15-18,20H2,1H3;1H. The maximum atomic E-state index is 6.04. The van der Waals surface area contributed by atoms with Crippen molar-refractivity contribution >= 4 is 35.3 Å². The Labute approximate surface area is 207 Å². The average Bonchev–Trinajstić information content (AvgIpc) is 3.37. The molecule has 0 bridgehead atoms. The van der Waals surface area contributed by atoms with E-state index in [9.17, 15) is 0 Å². The Morgan fingerprint density at radius 3 is 2.30 bits per heavy atom. The minimum atomic E-state index is 0. The van der Waals surface area contributed by atoms with Gasteiger partial charge in [0.15, 0.2) is 0 Å². The summed E-state index contributed by atoms with van der Waals surface area (Å²) >= 11 is 1.88. The molecule has 0 N–H and O–H groups in total. The molecule has 0 aliphatic carbocycles. The van der Waals surface area contributed by atoms with Crippen LogP contribution in [0.3, 0.4) is 0 Å². The van der Waals surface area contributed by atoms with Gasteiger partial charge in [-0.15, -0.1) is 24.2 Å². The number of thioether (sulfide) groups is 1. The number of fused-ring (bicyclic) bond motifs is 1. The molecule has 1 saturated heterocycles. The van der Waals surface area contributed by atoms with Crippen molar-refractivity contribution in [3.63, 3.8) is 0 Å². The molecule has 0 unspecified atom stereocenters. The van der Waals surface area contributed by atoms with Crippen LogP contribution in [0.25, 0.3) is 11.1 Å². The van der Waals surface area contributed by atoms with Gasteiger partial charge in [0, 0.05) is 17.2 Å². The monoisotopic (exact) mass is 479 g/mol. The first-order valence-electron chi connectivity index (χ1n) is 11.4. The Hall–Kier alpha value is -2.40. The summed E-state index contributed by atoms with van der Waals surface area (Å²) in [6, 6.07) is 25.8. The third-order valence-corrected chi connectivity index (χ3v) is 7.35. The van der Waals surface area contributed by atoms with Crippen LogP contribution in [0.4, 0.5) is 0 Å². The maximum absolute atomic E-state index is 6.04. The van der Waals surface area contributed by atoms with E-state index in [-0.39, 0.29) is 12.4 Å². The Bertz CT molecular complexity index is 1090. The number of benzene rings is 3.